The maximum absolute atomic E-state index is 13.6. The van der Waals surface area contributed by atoms with E-state index in [4.69, 9.17) is 5.73 Å². The van der Waals surface area contributed by atoms with E-state index in [1.807, 2.05) is 25.1 Å². The second kappa shape index (κ2) is 5.78. The second-order valence-electron chi connectivity index (χ2n) is 4.75. The summed E-state index contributed by atoms with van der Waals surface area (Å²) in [5, 5.41) is 2.38. The Morgan fingerprint density at radius 1 is 1.14 bits per heavy atom. The Morgan fingerprint density at radius 2 is 1.86 bits per heavy atom. The summed E-state index contributed by atoms with van der Waals surface area (Å²) in [6.07, 6.45) is 0. The van der Waals surface area contributed by atoms with Crippen molar-refractivity contribution in [1.29, 1.82) is 0 Å². The summed E-state index contributed by atoms with van der Waals surface area (Å²) in [6, 6.07) is 8.53. The van der Waals surface area contributed by atoms with Crippen LogP contribution in [0.3, 0.4) is 0 Å². The molecule has 0 saturated carbocycles. The number of hydrogen-bond donors (Lipinski definition) is 2. The number of carbonyl (C=O) groups is 1. The first-order valence-corrected chi connectivity index (χ1v) is 6.21. The molecule has 0 unspecified atom stereocenters. The molecule has 3 N–H and O–H groups in total. The molecule has 0 aliphatic heterocycles. The highest BCUT2D eigenvalue weighted by atomic mass is 19.1. The van der Waals surface area contributed by atoms with Gasteiger partial charge in [0.15, 0.2) is 0 Å². The largest absolute Gasteiger partial charge is 0.396 e. The van der Waals surface area contributed by atoms with Crippen molar-refractivity contribution in [3.63, 3.8) is 0 Å². The Balaban J connectivity index is 2.26. The van der Waals surface area contributed by atoms with Gasteiger partial charge in [-0.05, 0) is 24.3 Å². The number of hydrogen-bond acceptors (Lipinski definition) is 3. The van der Waals surface area contributed by atoms with E-state index in [-0.39, 0.29) is 11.4 Å². The normalized spacial score (nSPS) is 10.3. The van der Waals surface area contributed by atoms with E-state index >= 15 is 0 Å². The summed E-state index contributed by atoms with van der Waals surface area (Å²) in [5.41, 5.74) is 6.18. The lowest BCUT2D eigenvalue weighted by molar-refractivity contribution is 0.102. The molecule has 0 aliphatic rings. The molecule has 0 spiro atoms. The number of nitrogen functional groups attached to an aromatic ring is 1. The van der Waals surface area contributed by atoms with Gasteiger partial charge in [0, 0.05) is 31.4 Å². The Morgan fingerprint density at radius 3 is 2.52 bits per heavy atom. The van der Waals surface area contributed by atoms with E-state index in [2.05, 4.69) is 5.32 Å². The number of rotatable bonds is 3. The summed E-state index contributed by atoms with van der Waals surface area (Å²) >= 11 is 0. The molecule has 0 heterocycles. The van der Waals surface area contributed by atoms with Crippen LogP contribution < -0.4 is 16.0 Å². The summed E-state index contributed by atoms with van der Waals surface area (Å²) in [7, 11) is 3.69. The van der Waals surface area contributed by atoms with Crippen molar-refractivity contribution in [2.75, 3.05) is 30.0 Å². The lowest BCUT2D eigenvalue weighted by Gasteiger charge is -2.14. The summed E-state index contributed by atoms with van der Waals surface area (Å²) < 4.78 is 26.7. The van der Waals surface area contributed by atoms with Crippen molar-refractivity contribution in [2.24, 2.45) is 0 Å². The van der Waals surface area contributed by atoms with Crippen LogP contribution in [-0.4, -0.2) is 20.0 Å². The molecule has 0 bridgehead atoms. The monoisotopic (exact) mass is 291 g/mol. The minimum atomic E-state index is -0.876. The van der Waals surface area contributed by atoms with E-state index < -0.39 is 17.5 Å². The van der Waals surface area contributed by atoms with Crippen molar-refractivity contribution in [3.8, 4) is 0 Å². The Hall–Kier alpha value is -2.63. The summed E-state index contributed by atoms with van der Waals surface area (Å²) in [4.78, 5) is 13.9. The molecule has 1 amide bonds. The third-order valence-electron chi connectivity index (χ3n) is 2.96. The molecule has 21 heavy (non-hydrogen) atoms. The first-order chi connectivity index (χ1) is 9.88. The molecule has 0 fully saturated rings. The SMILES string of the molecule is CN(C)c1cccc(C(=O)Nc2cc(N)c(F)cc2F)c1. The Kier molecular flexibility index (Phi) is 4.07. The van der Waals surface area contributed by atoms with Crippen LogP contribution in [-0.2, 0) is 0 Å². The van der Waals surface area contributed by atoms with Gasteiger partial charge in [0.05, 0.1) is 11.4 Å². The van der Waals surface area contributed by atoms with Crippen LogP contribution in [0.1, 0.15) is 10.4 Å². The molecule has 0 aliphatic carbocycles. The molecule has 6 heteroatoms. The molecule has 2 aromatic carbocycles. The smallest absolute Gasteiger partial charge is 0.255 e. The van der Waals surface area contributed by atoms with Gasteiger partial charge < -0.3 is 16.0 Å². The van der Waals surface area contributed by atoms with E-state index in [0.29, 0.717) is 11.6 Å². The van der Waals surface area contributed by atoms with Crippen LogP contribution >= 0.6 is 0 Å². The zero-order valence-electron chi connectivity index (χ0n) is 11.7. The van der Waals surface area contributed by atoms with Crippen molar-refractivity contribution < 1.29 is 13.6 Å². The van der Waals surface area contributed by atoms with Gasteiger partial charge in [-0.3, -0.25) is 4.79 Å². The molecule has 2 rings (SSSR count). The van der Waals surface area contributed by atoms with Gasteiger partial charge in [0.1, 0.15) is 11.6 Å². The summed E-state index contributed by atoms with van der Waals surface area (Å²) in [6.45, 7) is 0. The number of nitrogens with two attached hydrogens (primary N) is 1. The van der Waals surface area contributed by atoms with Gasteiger partial charge in [0.2, 0.25) is 0 Å². The van der Waals surface area contributed by atoms with Crippen molar-refractivity contribution in [3.05, 3.63) is 53.6 Å². The van der Waals surface area contributed by atoms with Crippen LogP contribution in [0.4, 0.5) is 25.8 Å². The minimum Gasteiger partial charge on any atom is -0.396 e. The van der Waals surface area contributed by atoms with Gasteiger partial charge in [0.25, 0.3) is 5.91 Å². The maximum Gasteiger partial charge on any atom is 0.255 e. The summed E-state index contributed by atoms with van der Waals surface area (Å²) in [5.74, 6) is -2.23. The average Bonchev–Trinajstić information content (AvgIpc) is 2.44. The maximum atomic E-state index is 13.6. The molecular formula is C15H15F2N3O. The van der Waals surface area contributed by atoms with Crippen molar-refractivity contribution >= 4 is 23.0 Å². The minimum absolute atomic E-state index is 0.158. The molecule has 2 aromatic rings. The Labute approximate surface area is 121 Å². The van der Waals surface area contributed by atoms with Crippen molar-refractivity contribution in [2.45, 2.75) is 0 Å². The third kappa shape index (κ3) is 3.28. The number of halogens is 2. The standard InChI is InChI=1S/C15H15F2N3O/c1-20(2)10-5-3-4-9(6-10)15(21)19-14-8-13(18)11(16)7-12(14)17/h3-8H,18H2,1-2H3,(H,19,21). The highest BCUT2D eigenvalue weighted by Gasteiger charge is 2.13. The van der Waals surface area contributed by atoms with Gasteiger partial charge >= 0.3 is 0 Å². The number of nitrogens with zero attached hydrogens (tertiary/aromatic N) is 1. The molecule has 0 saturated heterocycles. The predicted molar refractivity (Wildman–Crippen MR) is 79.5 cm³/mol. The lowest BCUT2D eigenvalue weighted by atomic mass is 10.1. The van der Waals surface area contributed by atoms with Gasteiger partial charge in [-0.2, -0.15) is 0 Å². The number of nitrogens with one attached hydrogen (secondary N) is 1. The fourth-order valence-corrected chi connectivity index (χ4v) is 1.78. The van der Waals surface area contributed by atoms with Crippen LogP contribution in [0.5, 0.6) is 0 Å². The van der Waals surface area contributed by atoms with E-state index in [0.717, 1.165) is 11.8 Å². The van der Waals surface area contributed by atoms with Crippen LogP contribution in [0.25, 0.3) is 0 Å². The third-order valence-corrected chi connectivity index (χ3v) is 2.96. The number of amides is 1. The number of benzene rings is 2. The second-order valence-corrected chi connectivity index (χ2v) is 4.75. The Bertz CT molecular complexity index is 687. The van der Waals surface area contributed by atoms with Crippen LogP contribution in [0, 0.1) is 11.6 Å². The fraction of sp³-hybridized carbons (Fsp3) is 0.133. The number of carbonyl (C=O) groups excluding carboxylic acids is 1. The molecule has 4 nitrogen and oxygen atoms in total. The van der Waals surface area contributed by atoms with E-state index in [1.54, 1.807) is 18.2 Å². The first kappa shape index (κ1) is 14.8. The zero-order chi connectivity index (χ0) is 15.6. The van der Waals surface area contributed by atoms with Gasteiger partial charge in [-0.25, -0.2) is 8.78 Å². The number of anilines is 3. The quantitative estimate of drug-likeness (QED) is 0.855. The molecule has 0 radical (unpaired) electrons. The molecule has 0 aromatic heterocycles. The van der Waals surface area contributed by atoms with E-state index in [1.165, 1.54) is 0 Å². The predicted octanol–water partition coefficient (Wildman–Crippen LogP) is 2.87. The molecule has 0 atom stereocenters. The fourth-order valence-electron chi connectivity index (χ4n) is 1.78. The lowest BCUT2D eigenvalue weighted by Crippen LogP contribution is -2.15. The van der Waals surface area contributed by atoms with Gasteiger partial charge in [-0.1, -0.05) is 6.07 Å². The van der Waals surface area contributed by atoms with Crippen LogP contribution in [0.15, 0.2) is 36.4 Å². The molecule has 110 valence electrons. The zero-order valence-corrected chi connectivity index (χ0v) is 11.7. The molecular weight excluding hydrogens is 276 g/mol. The van der Waals surface area contributed by atoms with E-state index in [9.17, 15) is 13.6 Å². The highest BCUT2D eigenvalue weighted by Crippen LogP contribution is 2.22. The topological polar surface area (TPSA) is 58.4 Å². The van der Waals surface area contributed by atoms with Crippen molar-refractivity contribution in [1.82, 2.24) is 0 Å². The highest BCUT2D eigenvalue weighted by molar-refractivity contribution is 6.05. The van der Waals surface area contributed by atoms with Crippen LogP contribution in [0.2, 0.25) is 0 Å². The van der Waals surface area contributed by atoms with Gasteiger partial charge in [-0.15, -0.1) is 0 Å². The first-order valence-electron chi connectivity index (χ1n) is 6.21. The average molecular weight is 291 g/mol.